The van der Waals surface area contributed by atoms with E-state index < -0.39 is 0 Å². The number of likely N-dealkylation sites (tertiary alicyclic amines) is 2. The fraction of sp³-hybridized carbons (Fsp3) is 1.00. The lowest BCUT2D eigenvalue weighted by atomic mass is 10.4. The highest BCUT2D eigenvalue weighted by Gasteiger charge is 2.52. The lowest BCUT2D eigenvalue weighted by Crippen LogP contribution is -2.24. The largest absolute Gasteiger partial charge is 0.327 e. The molecule has 0 aromatic rings. The zero-order valence-corrected chi connectivity index (χ0v) is 10.3. The molecule has 0 aromatic carbocycles. The van der Waals surface area contributed by atoms with E-state index in [4.69, 9.17) is 11.5 Å². The molecule has 2 aliphatic carbocycles. The fourth-order valence-corrected chi connectivity index (χ4v) is 3.57. The molecule has 2 heterocycles. The predicted molar refractivity (Wildman–Crippen MR) is 64.9 cm³/mol. The quantitative estimate of drug-likeness (QED) is 0.555. The number of hydrogen-bond donors (Lipinski definition) is 2. The Labute approximate surface area is 97.9 Å². The summed E-state index contributed by atoms with van der Waals surface area (Å²) in [6.07, 6.45) is 0. The van der Waals surface area contributed by atoms with Crippen LogP contribution >= 0.6 is 0 Å². The summed E-state index contributed by atoms with van der Waals surface area (Å²) < 4.78 is 0. The Hall–Kier alpha value is -0.160. The zero-order valence-electron chi connectivity index (χ0n) is 10.3. The molecular formula is C12H24N4. The van der Waals surface area contributed by atoms with Gasteiger partial charge in [-0.2, -0.15) is 0 Å². The molecule has 4 N–H and O–H groups in total. The van der Waals surface area contributed by atoms with Gasteiger partial charge in [0, 0.05) is 38.3 Å². The summed E-state index contributed by atoms with van der Waals surface area (Å²) in [5, 5.41) is 0. The third-order valence-corrected chi connectivity index (χ3v) is 4.89. The van der Waals surface area contributed by atoms with Gasteiger partial charge in [-0.3, -0.25) is 0 Å². The van der Waals surface area contributed by atoms with Crippen molar-refractivity contribution >= 4 is 0 Å². The first-order chi connectivity index (χ1) is 7.58. The van der Waals surface area contributed by atoms with Crippen LogP contribution < -0.4 is 11.5 Å². The van der Waals surface area contributed by atoms with Crippen molar-refractivity contribution < 1.29 is 0 Å². The van der Waals surface area contributed by atoms with Crippen LogP contribution in [0.25, 0.3) is 0 Å². The highest BCUT2D eigenvalue weighted by atomic mass is 15.2. The van der Waals surface area contributed by atoms with Gasteiger partial charge < -0.3 is 21.3 Å². The van der Waals surface area contributed by atoms with E-state index in [1.165, 1.54) is 26.2 Å². The fourth-order valence-electron chi connectivity index (χ4n) is 3.57. The topological polar surface area (TPSA) is 58.5 Å². The molecule has 2 saturated heterocycles. The van der Waals surface area contributed by atoms with Crippen molar-refractivity contribution in [3.8, 4) is 0 Å². The number of piperidine rings is 2. The van der Waals surface area contributed by atoms with Crippen molar-refractivity contribution in [2.45, 2.75) is 12.1 Å². The Morgan fingerprint density at radius 3 is 1.12 bits per heavy atom. The molecule has 4 rings (SSSR count). The first-order valence-corrected chi connectivity index (χ1v) is 6.46. The highest BCUT2D eigenvalue weighted by molar-refractivity contribution is 5.08. The molecule has 4 fully saturated rings. The van der Waals surface area contributed by atoms with Crippen molar-refractivity contribution in [3.63, 3.8) is 0 Å². The maximum atomic E-state index is 5.71. The maximum Gasteiger partial charge on any atom is 0.0127 e. The third kappa shape index (κ3) is 1.78. The summed E-state index contributed by atoms with van der Waals surface area (Å²) in [6, 6.07) is 1.12. The lowest BCUT2D eigenvalue weighted by molar-refractivity contribution is 0.362. The van der Waals surface area contributed by atoms with Crippen LogP contribution in [0.1, 0.15) is 0 Å². The number of rotatable bonds is 0. The van der Waals surface area contributed by atoms with Crippen LogP contribution in [0.4, 0.5) is 0 Å². The molecule has 6 atom stereocenters. The van der Waals surface area contributed by atoms with Gasteiger partial charge in [0.25, 0.3) is 0 Å². The minimum atomic E-state index is 0.561. The summed E-state index contributed by atoms with van der Waals surface area (Å²) in [5.41, 5.74) is 11.4. The Morgan fingerprint density at radius 2 is 0.938 bits per heavy atom. The van der Waals surface area contributed by atoms with E-state index in [1.807, 2.05) is 0 Å². The summed E-state index contributed by atoms with van der Waals surface area (Å²) in [7, 11) is 4.33. The molecule has 4 heteroatoms. The number of nitrogens with two attached hydrogens (primary N) is 2. The monoisotopic (exact) mass is 224 g/mol. The Morgan fingerprint density at radius 1 is 0.688 bits per heavy atom. The normalized spacial score (nSPS) is 54.0. The van der Waals surface area contributed by atoms with Gasteiger partial charge in [0.15, 0.2) is 0 Å². The molecule has 0 spiro atoms. The van der Waals surface area contributed by atoms with Crippen LogP contribution in [0, 0.1) is 23.7 Å². The highest BCUT2D eigenvalue weighted by Crippen LogP contribution is 2.43. The average Bonchev–Trinajstić information content (AvgIpc) is 2.89. The van der Waals surface area contributed by atoms with E-state index in [0.717, 1.165) is 23.7 Å². The van der Waals surface area contributed by atoms with Crippen LogP contribution in [0.5, 0.6) is 0 Å². The second-order valence-electron chi connectivity index (χ2n) is 6.25. The molecule has 92 valence electrons. The smallest absolute Gasteiger partial charge is 0.0127 e. The van der Waals surface area contributed by atoms with E-state index in [2.05, 4.69) is 23.9 Å². The van der Waals surface area contributed by atoms with Crippen molar-refractivity contribution in [2.24, 2.45) is 35.1 Å². The van der Waals surface area contributed by atoms with E-state index >= 15 is 0 Å². The minimum Gasteiger partial charge on any atom is -0.327 e. The van der Waals surface area contributed by atoms with Gasteiger partial charge in [-0.15, -0.1) is 0 Å². The molecule has 2 saturated carbocycles. The number of fused-ring (bicyclic) bond motifs is 2. The van der Waals surface area contributed by atoms with E-state index in [1.54, 1.807) is 0 Å². The zero-order chi connectivity index (χ0) is 11.4. The molecule has 4 aliphatic rings. The average molecular weight is 224 g/mol. The molecular weight excluding hydrogens is 200 g/mol. The lowest BCUT2D eigenvalue weighted by Gasteiger charge is -2.09. The van der Waals surface area contributed by atoms with Crippen molar-refractivity contribution in [2.75, 3.05) is 40.3 Å². The van der Waals surface area contributed by atoms with Crippen LogP contribution in [0.15, 0.2) is 0 Å². The molecule has 0 aromatic heterocycles. The first-order valence-electron chi connectivity index (χ1n) is 6.46. The van der Waals surface area contributed by atoms with E-state index in [-0.39, 0.29) is 0 Å². The van der Waals surface area contributed by atoms with Crippen LogP contribution in [0.3, 0.4) is 0 Å². The summed E-state index contributed by atoms with van der Waals surface area (Å²) in [5.74, 6) is 3.44. The molecule has 0 amide bonds. The first kappa shape index (κ1) is 11.0. The van der Waals surface area contributed by atoms with Crippen molar-refractivity contribution in [1.29, 1.82) is 0 Å². The predicted octanol–water partition coefficient (Wildman–Crippen LogP) is -0.990. The third-order valence-electron chi connectivity index (χ3n) is 4.89. The molecule has 2 aliphatic heterocycles. The Balaban J connectivity index is 0.000000101. The number of nitrogens with zero attached hydrogens (tertiary/aromatic N) is 2. The van der Waals surface area contributed by atoms with Gasteiger partial charge in [0.1, 0.15) is 0 Å². The second kappa shape index (κ2) is 3.67. The van der Waals surface area contributed by atoms with Gasteiger partial charge in [-0.25, -0.2) is 0 Å². The standard InChI is InChI=1S/2C6H12N2/c2*1-8-2-4-5(3-8)6(4)7/h2*4-6H,2-3,7H2,1H3/t2*4-,5+,6?. The van der Waals surface area contributed by atoms with Crippen molar-refractivity contribution in [3.05, 3.63) is 0 Å². The molecule has 0 radical (unpaired) electrons. The molecule has 16 heavy (non-hydrogen) atoms. The molecule has 0 bridgehead atoms. The molecule has 4 nitrogen and oxygen atoms in total. The second-order valence-corrected chi connectivity index (χ2v) is 6.25. The van der Waals surface area contributed by atoms with Gasteiger partial charge in [-0.1, -0.05) is 0 Å². The van der Waals surface area contributed by atoms with Crippen LogP contribution in [-0.4, -0.2) is 62.2 Å². The Kier molecular flexibility index (Phi) is 2.51. The Bertz CT molecular complexity index is 230. The van der Waals surface area contributed by atoms with Gasteiger partial charge in [0.05, 0.1) is 0 Å². The van der Waals surface area contributed by atoms with E-state index in [0.29, 0.717) is 12.1 Å². The minimum absolute atomic E-state index is 0.561. The van der Waals surface area contributed by atoms with Gasteiger partial charge >= 0.3 is 0 Å². The number of hydrogen-bond acceptors (Lipinski definition) is 4. The maximum absolute atomic E-state index is 5.71. The van der Waals surface area contributed by atoms with Crippen LogP contribution in [0.2, 0.25) is 0 Å². The summed E-state index contributed by atoms with van der Waals surface area (Å²) in [6.45, 7) is 4.97. The van der Waals surface area contributed by atoms with Crippen molar-refractivity contribution in [1.82, 2.24) is 9.80 Å². The molecule has 2 unspecified atom stereocenters. The van der Waals surface area contributed by atoms with E-state index in [9.17, 15) is 0 Å². The van der Waals surface area contributed by atoms with Crippen LogP contribution in [-0.2, 0) is 0 Å². The summed E-state index contributed by atoms with van der Waals surface area (Å²) in [4.78, 5) is 4.72. The van der Waals surface area contributed by atoms with Gasteiger partial charge in [0.2, 0.25) is 0 Å². The SMILES string of the molecule is CN1C[C@@H]2C(N)[C@@H]2C1.CN1C[C@@H]2C(N)[C@@H]2C1. The van der Waals surface area contributed by atoms with Gasteiger partial charge in [-0.05, 0) is 37.8 Å². The summed E-state index contributed by atoms with van der Waals surface area (Å²) >= 11 is 0.